The lowest BCUT2D eigenvalue weighted by Crippen LogP contribution is -2.32. The van der Waals surface area contributed by atoms with Crippen LogP contribution in [0.3, 0.4) is 0 Å². The number of aryl methyl sites for hydroxylation is 1. The van der Waals surface area contributed by atoms with Crippen molar-refractivity contribution in [3.63, 3.8) is 0 Å². The summed E-state index contributed by atoms with van der Waals surface area (Å²) in [4.78, 5) is 14.8. The first-order valence-electron chi connectivity index (χ1n) is 7.68. The number of benzene rings is 2. The number of hydrogen-bond acceptors (Lipinski definition) is 2. The molecule has 1 saturated carbocycles. The van der Waals surface area contributed by atoms with Gasteiger partial charge in [0.05, 0.1) is 7.11 Å². The number of carbonyl (C=O) groups is 1. The zero-order valence-electron chi connectivity index (χ0n) is 13.1. The average molecular weight is 295 g/mol. The van der Waals surface area contributed by atoms with Gasteiger partial charge < -0.3 is 9.64 Å². The molecule has 2 aromatic rings. The second kappa shape index (κ2) is 6.22. The predicted octanol–water partition coefficient (Wildman–Crippen LogP) is 3.81. The van der Waals surface area contributed by atoms with Crippen molar-refractivity contribution in [2.45, 2.75) is 32.4 Å². The molecular weight excluding hydrogens is 274 g/mol. The van der Waals surface area contributed by atoms with E-state index in [0.717, 1.165) is 35.3 Å². The van der Waals surface area contributed by atoms with E-state index in [2.05, 4.69) is 0 Å². The highest BCUT2D eigenvalue weighted by Crippen LogP contribution is 2.30. The second-order valence-corrected chi connectivity index (χ2v) is 5.88. The number of hydrogen-bond donors (Lipinski definition) is 0. The van der Waals surface area contributed by atoms with Gasteiger partial charge in [-0.2, -0.15) is 0 Å². The number of methoxy groups -OCH3 is 1. The van der Waals surface area contributed by atoms with Gasteiger partial charge in [-0.05, 0) is 49.6 Å². The molecule has 0 unspecified atom stereocenters. The first-order chi connectivity index (χ1) is 10.7. The predicted molar refractivity (Wildman–Crippen MR) is 87.1 cm³/mol. The summed E-state index contributed by atoms with van der Waals surface area (Å²) in [6.45, 7) is 2.67. The van der Waals surface area contributed by atoms with E-state index in [0.29, 0.717) is 12.6 Å². The molecule has 22 heavy (non-hydrogen) atoms. The molecule has 0 bridgehead atoms. The van der Waals surface area contributed by atoms with E-state index >= 15 is 0 Å². The van der Waals surface area contributed by atoms with Crippen LogP contribution in [0.2, 0.25) is 0 Å². The van der Waals surface area contributed by atoms with E-state index < -0.39 is 0 Å². The van der Waals surface area contributed by atoms with Gasteiger partial charge in [0.1, 0.15) is 5.75 Å². The maximum Gasteiger partial charge on any atom is 0.254 e. The summed E-state index contributed by atoms with van der Waals surface area (Å²) >= 11 is 0. The van der Waals surface area contributed by atoms with Gasteiger partial charge in [-0.3, -0.25) is 4.79 Å². The van der Waals surface area contributed by atoms with E-state index in [9.17, 15) is 4.79 Å². The zero-order valence-corrected chi connectivity index (χ0v) is 13.1. The molecule has 114 valence electrons. The van der Waals surface area contributed by atoms with Gasteiger partial charge in [0.15, 0.2) is 0 Å². The fraction of sp³-hybridized carbons (Fsp3) is 0.316. The molecule has 0 saturated heterocycles. The van der Waals surface area contributed by atoms with Crippen molar-refractivity contribution in [3.8, 4) is 5.75 Å². The molecule has 2 aromatic carbocycles. The number of ether oxygens (including phenoxy) is 1. The third-order valence-electron chi connectivity index (χ3n) is 4.03. The lowest BCUT2D eigenvalue weighted by Gasteiger charge is -2.23. The van der Waals surface area contributed by atoms with Crippen molar-refractivity contribution in [3.05, 3.63) is 65.2 Å². The van der Waals surface area contributed by atoms with Crippen LogP contribution in [-0.4, -0.2) is 24.0 Å². The fourth-order valence-electron chi connectivity index (χ4n) is 2.62. The smallest absolute Gasteiger partial charge is 0.254 e. The lowest BCUT2D eigenvalue weighted by molar-refractivity contribution is 0.0730. The molecule has 0 heterocycles. The summed E-state index contributed by atoms with van der Waals surface area (Å²) in [6, 6.07) is 16.1. The standard InChI is InChI=1S/C19H21NO2/c1-14-4-3-5-16(12-14)19(21)20(17-8-9-17)13-15-6-10-18(22-2)11-7-15/h3-7,10-12,17H,8-9,13H2,1-2H3. The highest BCUT2D eigenvalue weighted by molar-refractivity contribution is 5.94. The van der Waals surface area contributed by atoms with Crippen molar-refractivity contribution in [2.24, 2.45) is 0 Å². The third-order valence-corrected chi connectivity index (χ3v) is 4.03. The summed E-state index contributed by atoms with van der Waals surface area (Å²) in [7, 11) is 1.66. The maximum atomic E-state index is 12.8. The molecular formula is C19H21NO2. The first-order valence-corrected chi connectivity index (χ1v) is 7.68. The Balaban J connectivity index is 1.79. The van der Waals surface area contributed by atoms with Gasteiger partial charge in [-0.1, -0.05) is 29.8 Å². The van der Waals surface area contributed by atoms with Crippen LogP contribution in [0.25, 0.3) is 0 Å². The summed E-state index contributed by atoms with van der Waals surface area (Å²) < 4.78 is 5.18. The van der Waals surface area contributed by atoms with Crippen LogP contribution in [0.1, 0.15) is 34.3 Å². The molecule has 0 radical (unpaired) electrons. The highest BCUT2D eigenvalue weighted by atomic mass is 16.5. The van der Waals surface area contributed by atoms with Gasteiger partial charge >= 0.3 is 0 Å². The Morgan fingerprint density at radius 1 is 1.18 bits per heavy atom. The van der Waals surface area contributed by atoms with Gasteiger partial charge in [-0.15, -0.1) is 0 Å². The van der Waals surface area contributed by atoms with Crippen LogP contribution in [-0.2, 0) is 6.54 Å². The highest BCUT2D eigenvalue weighted by Gasteiger charge is 2.33. The van der Waals surface area contributed by atoms with Crippen molar-refractivity contribution < 1.29 is 9.53 Å². The largest absolute Gasteiger partial charge is 0.497 e. The van der Waals surface area contributed by atoms with Gasteiger partial charge in [0, 0.05) is 18.2 Å². The number of rotatable bonds is 5. The molecule has 1 amide bonds. The monoisotopic (exact) mass is 295 g/mol. The Kier molecular flexibility index (Phi) is 4.14. The average Bonchev–Trinajstić information content (AvgIpc) is 3.37. The molecule has 0 aromatic heterocycles. The van der Waals surface area contributed by atoms with Crippen molar-refractivity contribution in [1.29, 1.82) is 0 Å². The van der Waals surface area contributed by atoms with Crippen LogP contribution in [0.4, 0.5) is 0 Å². The molecule has 0 spiro atoms. The summed E-state index contributed by atoms with van der Waals surface area (Å²) in [5, 5.41) is 0. The number of carbonyl (C=O) groups excluding carboxylic acids is 1. The maximum absolute atomic E-state index is 12.8. The van der Waals surface area contributed by atoms with E-state index in [1.807, 2.05) is 60.4 Å². The van der Waals surface area contributed by atoms with Gasteiger partial charge in [0.2, 0.25) is 0 Å². The first kappa shape index (κ1) is 14.6. The second-order valence-electron chi connectivity index (χ2n) is 5.88. The van der Waals surface area contributed by atoms with Crippen molar-refractivity contribution >= 4 is 5.91 Å². The summed E-state index contributed by atoms with van der Waals surface area (Å²) in [5.74, 6) is 0.966. The third kappa shape index (κ3) is 3.30. The zero-order chi connectivity index (χ0) is 15.5. The molecule has 3 heteroatoms. The van der Waals surface area contributed by atoms with E-state index in [-0.39, 0.29) is 5.91 Å². The van der Waals surface area contributed by atoms with E-state index in [4.69, 9.17) is 4.74 Å². The molecule has 1 aliphatic carbocycles. The molecule has 1 fully saturated rings. The summed E-state index contributed by atoms with van der Waals surface area (Å²) in [5.41, 5.74) is 3.03. The molecule has 3 rings (SSSR count). The van der Waals surface area contributed by atoms with Gasteiger partial charge in [-0.25, -0.2) is 0 Å². The number of nitrogens with zero attached hydrogens (tertiary/aromatic N) is 1. The van der Waals surface area contributed by atoms with Gasteiger partial charge in [0.25, 0.3) is 5.91 Å². The van der Waals surface area contributed by atoms with Crippen LogP contribution in [0.5, 0.6) is 5.75 Å². The quantitative estimate of drug-likeness (QED) is 0.839. The molecule has 1 aliphatic rings. The Bertz CT molecular complexity index is 659. The minimum atomic E-state index is 0.127. The Morgan fingerprint density at radius 2 is 1.91 bits per heavy atom. The molecule has 0 aliphatic heterocycles. The Hall–Kier alpha value is -2.29. The lowest BCUT2D eigenvalue weighted by atomic mass is 10.1. The van der Waals surface area contributed by atoms with Crippen LogP contribution in [0.15, 0.2) is 48.5 Å². The summed E-state index contributed by atoms with van der Waals surface area (Å²) in [6.07, 6.45) is 2.21. The topological polar surface area (TPSA) is 29.5 Å². The van der Waals surface area contributed by atoms with Crippen LogP contribution in [0, 0.1) is 6.92 Å². The normalized spacial score (nSPS) is 13.7. The molecule has 0 atom stereocenters. The fourth-order valence-corrected chi connectivity index (χ4v) is 2.62. The van der Waals surface area contributed by atoms with Crippen molar-refractivity contribution in [1.82, 2.24) is 4.90 Å². The van der Waals surface area contributed by atoms with Crippen LogP contribution < -0.4 is 4.74 Å². The minimum absolute atomic E-state index is 0.127. The van der Waals surface area contributed by atoms with Crippen LogP contribution >= 0.6 is 0 Å². The Morgan fingerprint density at radius 3 is 2.50 bits per heavy atom. The SMILES string of the molecule is COc1ccc(CN(C(=O)c2cccc(C)c2)C2CC2)cc1. The van der Waals surface area contributed by atoms with E-state index in [1.165, 1.54) is 0 Å². The van der Waals surface area contributed by atoms with E-state index in [1.54, 1.807) is 7.11 Å². The Labute approximate surface area is 131 Å². The van der Waals surface area contributed by atoms with Crippen molar-refractivity contribution in [2.75, 3.05) is 7.11 Å². The minimum Gasteiger partial charge on any atom is -0.497 e. The number of amides is 1. The molecule has 0 N–H and O–H groups in total. The molecule has 3 nitrogen and oxygen atoms in total.